The van der Waals surface area contributed by atoms with Gasteiger partial charge in [-0.05, 0) is 24.6 Å². The Hall–Kier alpha value is -3.35. The van der Waals surface area contributed by atoms with Crippen molar-refractivity contribution in [2.45, 2.75) is 13.3 Å². The molecule has 2 amide bonds. The van der Waals surface area contributed by atoms with E-state index in [9.17, 15) is 9.59 Å². The fourth-order valence-electron chi connectivity index (χ4n) is 2.83. The van der Waals surface area contributed by atoms with Crippen molar-refractivity contribution >= 4 is 22.7 Å². The molecule has 0 atom stereocenters. The molecule has 7 nitrogen and oxygen atoms in total. The number of hydrogen-bond donors (Lipinski definition) is 2. The highest BCUT2D eigenvalue weighted by Crippen LogP contribution is 2.16. The second kappa shape index (κ2) is 9.03. The van der Waals surface area contributed by atoms with E-state index >= 15 is 0 Å². The number of carbonyl (C=O) groups excluding carboxylic acids is 2. The number of fused-ring (bicyclic) bond motifs is 1. The lowest BCUT2D eigenvalue weighted by Crippen LogP contribution is -2.34. The van der Waals surface area contributed by atoms with Gasteiger partial charge in [-0.25, -0.2) is 0 Å². The van der Waals surface area contributed by atoms with Crippen LogP contribution in [0.5, 0.6) is 5.75 Å². The first-order valence-corrected chi connectivity index (χ1v) is 9.20. The Morgan fingerprint density at radius 1 is 1.14 bits per heavy atom. The van der Waals surface area contributed by atoms with E-state index < -0.39 is 0 Å². The summed E-state index contributed by atoms with van der Waals surface area (Å²) in [4.78, 5) is 26.1. The summed E-state index contributed by atoms with van der Waals surface area (Å²) in [6.45, 7) is 3.13. The van der Waals surface area contributed by atoms with E-state index in [0.29, 0.717) is 18.8 Å². The lowest BCUT2D eigenvalue weighted by Gasteiger charge is -2.18. The molecule has 2 aromatic carbocycles. The molecule has 7 heteroatoms. The summed E-state index contributed by atoms with van der Waals surface area (Å²) < 4.78 is 5.71. The third-order valence-electron chi connectivity index (χ3n) is 4.51. The molecule has 3 rings (SSSR count). The number of rotatable bonds is 8. The van der Waals surface area contributed by atoms with Gasteiger partial charge in [-0.2, -0.15) is 5.10 Å². The van der Waals surface area contributed by atoms with Gasteiger partial charge in [0.1, 0.15) is 12.4 Å². The number of nitrogens with zero attached hydrogens (tertiary/aromatic N) is 2. The van der Waals surface area contributed by atoms with Crippen molar-refractivity contribution in [2.75, 3.05) is 26.7 Å². The lowest BCUT2D eigenvalue weighted by atomic mass is 10.2. The molecule has 2 N–H and O–H groups in total. The number of aromatic amines is 1. The van der Waals surface area contributed by atoms with E-state index in [1.807, 2.05) is 55.5 Å². The average Bonchev–Trinajstić information content (AvgIpc) is 3.13. The van der Waals surface area contributed by atoms with Crippen LogP contribution in [-0.4, -0.2) is 53.7 Å². The Morgan fingerprint density at radius 3 is 2.71 bits per heavy atom. The summed E-state index contributed by atoms with van der Waals surface area (Å²) in [6.07, 6.45) is 0.217. The van der Waals surface area contributed by atoms with Gasteiger partial charge in [-0.15, -0.1) is 0 Å². The Labute approximate surface area is 163 Å². The summed E-state index contributed by atoms with van der Waals surface area (Å²) in [7, 11) is 1.73. The Bertz CT molecular complexity index is 967. The zero-order valence-electron chi connectivity index (χ0n) is 16.1. The molecule has 28 heavy (non-hydrogen) atoms. The quantitative estimate of drug-likeness (QED) is 0.629. The van der Waals surface area contributed by atoms with Crippen molar-refractivity contribution in [1.82, 2.24) is 20.4 Å². The SMILES string of the molecule is Cc1ccccc1OCCN(C)C(=O)CCNC(=O)c1n[nH]c2ccccc12. The van der Waals surface area contributed by atoms with Crippen LogP contribution in [0.1, 0.15) is 22.5 Å². The smallest absolute Gasteiger partial charge is 0.272 e. The molecular weight excluding hydrogens is 356 g/mol. The van der Waals surface area contributed by atoms with Gasteiger partial charge in [0.05, 0.1) is 12.1 Å². The largest absolute Gasteiger partial charge is 0.491 e. The summed E-state index contributed by atoms with van der Waals surface area (Å²) in [5.41, 5.74) is 2.20. The molecule has 0 aliphatic heterocycles. The van der Waals surface area contributed by atoms with Crippen LogP contribution in [0.4, 0.5) is 0 Å². The predicted molar refractivity (Wildman–Crippen MR) is 107 cm³/mol. The number of H-pyrrole nitrogens is 1. The van der Waals surface area contributed by atoms with Gasteiger partial charge in [0.15, 0.2) is 5.69 Å². The number of amides is 2. The minimum atomic E-state index is -0.296. The Kier molecular flexibility index (Phi) is 6.26. The van der Waals surface area contributed by atoms with E-state index in [1.54, 1.807) is 11.9 Å². The van der Waals surface area contributed by atoms with Gasteiger partial charge in [0, 0.05) is 25.4 Å². The number of para-hydroxylation sites is 2. The topological polar surface area (TPSA) is 87.3 Å². The first-order valence-electron chi connectivity index (χ1n) is 9.20. The molecule has 0 bridgehead atoms. The summed E-state index contributed by atoms with van der Waals surface area (Å²) in [5, 5.41) is 10.4. The number of carbonyl (C=O) groups is 2. The third kappa shape index (κ3) is 4.68. The van der Waals surface area contributed by atoms with Crippen LogP contribution < -0.4 is 10.1 Å². The van der Waals surface area contributed by atoms with Crippen LogP contribution in [0.2, 0.25) is 0 Å². The second-order valence-corrected chi connectivity index (χ2v) is 6.55. The van der Waals surface area contributed by atoms with Crippen molar-refractivity contribution in [1.29, 1.82) is 0 Å². The van der Waals surface area contributed by atoms with Gasteiger partial charge in [-0.1, -0.05) is 36.4 Å². The molecule has 0 aliphatic carbocycles. The molecule has 0 radical (unpaired) electrons. The van der Waals surface area contributed by atoms with Crippen molar-refractivity contribution in [2.24, 2.45) is 0 Å². The van der Waals surface area contributed by atoms with Gasteiger partial charge >= 0.3 is 0 Å². The number of aromatic nitrogens is 2. The molecule has 3 aromatic rings. The van der Waals surface area contributed by atoms with Crippen molar-refractivity contribution in [3.8, 4) is 5.75 Å². The Morgan fingerprint density at radius 2 is 1.89 bits per heavy atom. The highest BCUT2D eigenvalue weighted by atomic mass is 16.5. The number of aryl methyl sites for hydroxylation is 1. The normalized spacial score (nSPS) is 10.6. The van der Waals surface area contributed by atoms with Gasteiger partial charge < -0.3 is 15.0 Å². The Balaban J connectivity index is 1.41. The molecule has 1 heterocycles. The van der Waals surface area contributed by atoms with Crippen molar-refractivity contribution < 1.29 is 14.3 Å². The molecule has 146 valence electrons. The summed E-state index contributed by atoms with van der Waals surface area (Å²) in [5.74, 6) is 0.471. The van der Waals surface area contributed by atoms with Crippen LogP contribution in [0.25, 0.3) is 10.9 Å². The van der Waals surface area contributed by atoms with E-state index in [4.69, 9.17) is 4.74 Å². The molecule has 0 unspecified atom stereocenters. The standard InChI is InChI=1S/C21H24N4O3/c1-15-7-3-6-10-18(15)28-14-13-25(2)19(26)11-12-22-21(27)20-16-8-4-5-9-17(16)23-24-20/h3-10H,11-14H2,1-2H3,(H,22,27)(H,23,24). The maximum absolute atomic E-state index is 12.3. The van der Waals surface area contributed by atoms with Crippen molar-refractivity contribution in [3.63, 3.8) is 0 Å². The van der Waals surface area contributed by atoms with Crippen LogP contribution in [0.15, 0.2) is 48.5 Å². The highest BCUT2D eigenvalue weighted by Gasteiger charge is 2.14. The zero-order chi connectivity index (χ0) is 19.9. The fraction of sp³-hybridized carbons (Fsp3) is 0.286. The first kappa shape index (κ1) is 19.4. The molecule has 0 spiro atoms. The minimum Gasteiger partial charge on any atom is -0.491 e. The zero-order valence-corrected chi connectivity index (χ0v) is 16.1. The second-order valence-electron chi connectivity index (χ2n) is 6.55. The van der Waals surface area contributed by atoms with Crippen LogP contribution in [0, 0.1) is 6.92 Å². The first-order chi connectivity index (χ1) is 13.6. The monoisotopic (exact) mass is 380 g/mol. The van der Waals surface area contributed by atoms with E-state index in [2.05, 4.69) is 15.5 Å². The maximum atomic E-state index is 12.3. The summed E-state index contributed by atoms with van der Waals surface area (Å²) in [6, 6.07) is 15.2. The maximum Gasteiger partial charge on any atom is 0.272 e. The molecule has 0 aliphatic rings. The molecule has 1 aromatic heterocycles. The number of benzene rings is 2. The third-order valence-corrected chi connectivity index (χ3v) is 4.51. The van der Waals surface area contributed by atoms with Crippen LogP contribution in [-0.2, 0) is 4.79 Å². The van der Waals surface area contributed by atoms with E-state index in [-0.39, 0.29) is 24.8 Å². The summed E-state index contributed by atoms with van der Waals surface area (Å²) >= 11 is 0. The number of ether oxygens (including phenoxy) is 1. The number of nitrogens with one attached hydrogen (secondary N) is 2. The predicted octanol–water partition coefficient (Wildman–Crippen LogP) is 2.53. The average molecular weight is 380 g/mol. The van der Waals surface area contributed by atoms with Crippen LogP contribution >= 0.6 is 0 Å². The van der Waals surface area contributed by atoms with Gasteiger partial charge in [-0.3, -0.25) is 14.7 Å². The highest BCUT2D eigenvalue weighted by molar-refractivity contribution is 6.04. The number of likely N-dealkylation sites (N-methyl/N-ethyl adjacent to an activating group) is 1. The van der Waals surface area contributed by atoms with E-state index in [0.717, 1.165) is 22.2 Å². The molecule has 0 fully saturated rings. The number of hydrogen-bond acceptors (Lipinski definition) is 4. The van der Waals surface area contributed by atoms with Gasteiger partial charge in [0.2, 0.25) is 5.91 Å². The minimum absolute atomic E-state index is 0.0550. The molecule has 0 saturated carbocycles. The molecule has 0 saturated heterocycles. The van der Waals surface area contributed by atoms with E-state index in [1.165, 1.54) is 0 Å². The lowest BCUT2D eigenvalue weighted by molar-refractivity contribution is -0.130. The molecular formula is C21H24N4O3. The van der Waals surface area contributed by atoms with Gasteiger partial charge in [0.25, 0.3) is 5.91 Å². The van der Waals surface area contributed by atoms with Crippen LogP contribution in [0.3, 0.4) is 0 Å². The van der Waals surface area contributed by atoms with Crippen molar-refractivity contribution in [3.05, 3.63) is 59.8 Å². The fourth-order valence-corrected chi connectivity index (χ4v) is 2.83.